The Balaban J connectivity index is 0.000000168. The monoisotopic (exact) mass is 1950 g/mol. The predicted octanol–water partition coefficient (Wildman–Crippen LogP) is 17.6. The minimum absolute atomic E-state index is 0.00600. The largest absolute Gasteiger partial charge is 0.480 e. The summed E-state index contributed by atoms with van der Waals surface area (Å²) < 4.78 is 210. The second-order valence-corrected chi connectivity index (χ2v) is 30.3. The SMILES string of the molecule is CC(Nc1nc(CN=Cc2ccc(Nc3cccc(C(F)(F)F)c3)cn2)ncc1F)C(=O)O.Cc1cn(-c2cc(Nc3ccc(/C=N/Nc4nc(C)cc(NCCN5CCOCC5)n4)nc3)cc(C(F)(F)F)c2)cn1.Fc1cnc(CN=Cc2ccc(Nc3cccc(C(F)(F)F)c3)cc2)nc1N1CCOCC1.O=C(O)CNc1nc(CN=Cc2ccc(Nc3cccc(C(F)(F)F)c3)cn2)ncc1F. The molecule has 2 aliphatic heterocycles. The first-order chi connectivity index (χ1) is 66.9. The zero-order valence-corrected chi connectivity index (χ0v) is 74.1. The summed E-state index contributed by atoms with van der Waals surface area (Å²) in [6.07, 6.45) is -1.28. The zero-order valence-electron chi connectivity index (χ0n) is 74.1. The van der Waals surface area contributed by atoms with Gasteiger partial charge in [-0.2, -0.15) is 62.8 Å². The normalized spacial score (nSPS) is 13.3. The van der Waals surface area contributed by atoms with Gasteiger partial charge in [-0.1, -0.05) is 30.3 Å². The maximum absolute atomic E-state index is 14.1. The third-order valence-electron chi connectivity index (χ3n) is 19.5. The number of benzene rings is 5. The van der Waals surface area contributed by atoms with Gasteiger partial charge in [0, 0.05) is 110 Å². The number of carbonyl (C=O) groups is 2. The van der Waals surface area contributed by atoms with E-state index >= 15 is 0 Å². The molecule has 2 saturated heterocycles. The molecule has 10 N–H and O–H groups in total. The summed E-state index contributed by atoms with van der Waals surface area (Å²) in [5.74, 6) is -2.85. The molecule has 48 heteroatoms. The fourth-order valence-electron chi connectivity index (χ4n) is 12.6. The van der Waals surface area contributed by atoms with E-state index in [1.165, 1.54) is 80.8 Å². The Bertz CT molecular complexity index is 6430. The Morgan fingerprint density at radius 1 is 0.457 bits per heavy atom. The van der Waals surface area contributed by atoms with Gasteiger partial charge < -0.3 is 66.4 Å². The molecule has 15 rings (SSSR count). The van der Waals surface area contributed by atoms with Crippen molar-refractivity contribution in [1.82, 2.24) is 69.3 Å². The second kappa shape index (κ2) is 48.5. The quantitative estimate of drug-likeness (QED) is 0.0106. The number of aromatic nitrogens is 13. The first-order valence-corrected chi connectivity index (χ1v) is 42.2. The molecule has 730 valence electrons. The lowest BCUT2D eigenvalue weighted by molar-refractivity contribution is -0.138. The number of nitrogens with one attached hydrogen (secondary N) is 8. The van der Waals surface area contributed by atoms with E-state index in [1.54, 1.807) is 96.7 Å². The average molecular weight is 1950 g/mol. The molecule has 2 fully saturated rings. The third kappa shape index (κ3) is 32.8. The number of aliphatic carboxylic acids is 2. The van der Waals surface area contributed by atoms with Crippen LogP contribution in [0.2, 0.25) is 0 Å². The van der Waals surface area contributed by atoms with Gasteiger partial charge in [-0.15, -0.1) is 0 Å². The van der Waals surface area contributed by atoms with Gasteiger partial charge in [-0.05, 0) is 148 Å². The molecule has 0 aliphatic carbocycles. The lowest BCUT2D eigenvalue weighted by atomic mass is 10.1. The summed E-state index contributed by atoms with van der Waals surface area (Å²) >= 11 is 0. The van der Waals surface area contributed by atoms with Crippen LogP contribution < -0.4 is 47.5 Å². The highest BCUT2D eigenvalue weighted by atomic mass is 19.4. The highest BCUT2D eigenvalue weighted by Gasteiger charge is 2.34. The van der Waals surface area contributed by atoms with Gasteiger partial charge in [0.05, 0.1) is 158 Å². The van der Waals surface area contributed by atoms with Crippen molar-refractivity contribution in [2.24, 2.45) is 20.1 Å². The van der Waals surface area contributed by atoms with Gasteiger partial charge in [0.1, 0.15) is 18.4 Å². The van der Waals surface area contributed by atoms with Crippen LogP contribution in [0.4, 0.5) is 141 Å². The van der Waals surface area contributed by atoms with Gasteiger partial charge in [0.2, 0.25) is 5.95 Å². The molecule has 1 atom stereocenters. The standard InChI is InChI=1S/C28H31F3N10O.C23H21F4N5O.C21H18F4N6O2.C20H16F4N6O2/c1-19-11-26(32-5-6-40-7-9-42-10-8-40)38-27(36-19)39-35-16-22-3-4-23(15-33-22)37-24-12-21(28(29,30)31)13-25(14-24)41-17-20(2)34-18-41;24-20-14-29-21(31-22(20)32-8-10-33-11-9-32)15-28-13-16-4-6-18(7-5-16)30-19-3-1-2-17(12-19)23(25,26)27;1-12(20(32)33)29-19-17(22)10-28-18(31-19)11-26-8-15-5-6-16(9-27-15)30-14-4-2-3-13(7-14)21(23,24)25;21-16-9-27-17(30-19(16)28-11-18(31)32)10-25-7-14-4-5-15(8-26-14)29-13-3-1-2-12(6-13)20(22,23)24/h3-4,11-18,37H,5-10H2,1-2H3,(H2,32,36,38,39);1-7,12-14,30H,8-11,15H2;2-10,12,30H,11H2,1H3,(H,32,33)(H,28,29,31);1-9,29H,10-11H2,(H,31,32)(H,27,28,30)/b35-16+;;;. The van der Waals surface area contributed by atoms with Gasteiger partial charge in [-0.25, -0.2) is 58.5 Å². The summed E-state index contributed by atoms with van der Waals surface area (Å²) in [4.78, 5) is 87.4. The Hall–Kier alpha value is -16.3. The number of halogens is 15. The second-order valence-electron chi connectivity index (χ2n) is 30.3. The maximum Gasteiger partial charge on any atom is 0.416 e. The number of pyridine rings is 3. The third-order valence-corrected chi connectivity index (χ3v) is 19.5. The number of anilines is 13. The van der Waals surface area contributed by atoms with Crippen LogP contribution in [0.15, 0.2) is 228 Å². The van der Waals surface area contributed by atoms with Crippen LogP contribution in [0.25, 0.3) is 5.69 Å². The van der Waals surface area contributed by atoms with Crippen molar-refractivity contribution >= 4 is 112 Å². The molecule has 10 heterocycles. The summed E-state index contributed by atoms with van der Waals surface area (Å²) in [6.45, 7) is 11.8. The van der Waals surface area contributed by atoms with Crippen molar-refractivity contribution in [2.45, 2.75) is 71.2 Å². The number of aryl methyl sites for hydroxylation is 2. The summed E-state index contributed by atoms with van der Waals surface area (Å²) in [5.41, 5.74) is 7.15. The maximum atomic E-state index is 14.1. The molecule has 0 saturated carbocycles. The number of carboxylic acids is 2. The lowest BCUT2D eigenvalue weighted by Crippen LogP contribution is -2.39. The van der Waals surface area contributed by atoms with E-state index in [9.17, 15) is 75.4 Å². The van der Waals surface area contributed by atoms with Crippen LogP contribution in [0.5, 0.6) is 0 Å². The Labute approximate surface area is 787 Å². The van der Waals surface area contributed by atoms with E-state index in [-0.39, 0.29) is 65.8 Å². The molecule has 13 aromatic rings. The zero-order chi connectivity index (χ0) is 99.9. The average Bonchev–Trinajstić information content (AvgIpc) is 1.32. The number of ether oxygens (including phenoxy) is 2. The molecule has 1 unspecified atom stereocenters. The van der Waals surface area contributed by atoms with Crippen LogP contribution in [-0.2, 0) is 63.4 Å². The lowest BCUT2D eigenvalue weighted by Gasteiger charge is -2.28. The number of carboxylic acid groups (broad SMARTS) is 2. The summed E-state index contributed by atoms with van der Waals surface area (Å²) in [7, 11) is 0. The van der Waals surface area contributed by atoms with Gasteiger partial charge in [0.15, 0.2) is 52.4 Å². The molecule has 5 aromatic carbocycles. The Morgan fingerprint density at radius 3 is 1.41 bits per heavy atom. The number of nitrogens with zero attached hydrogens (tertiary/aromatic N) is 19. The molecular formula is C92H86F15N27O6. The number of rotatable bonds is 32. The van der Waals surface area contributed by atoms with E-state index in [0.717, 1.165) is 118 Å². The first kappa shape index (κ1) is 103. The molecule has 8 aromatic heterocycles. The van der Waals surface area contributed by atoms with E-state index in [1.807, 2.05) is 17.9 Å². The molecule has 140 heavy (non-hydrogen) atoms. The molecule has 33 nitrogen and oxygen atoms in total. The van der Waals surface area contributed by atoms with E-state index in [2.05, 4.69) is 127 Å². The van der Waals surface area contributed by atoms with E-state index in [0.29, 0.717) is 101 Å². The molecule has 0 radical (unpaired) electrons. The number of hydrogen-bond donors (Lipinski definition) is 10. The number of hydrogen-bond acceptors (Lipinski definition) is 30. The van der Waals surface area contributed by atoms with Crippen LogP contribution >= 0.6 is 0 Å². The first-order valence-electron chi connectivity index (χ1n) is 42.2. The Kier molecular flexibility index (Phi) is 35.5. The highest BCUT2D eigenvalue weighted by molar-refractivity contribution is 5.82. The number of aliphatic imine (C=N–C) groups is 3. The van der Waals surface area contributed by atoms with Crippen molar-refractivity contribution in [1.29, 1.82) is 0 Å². The topological polar surface area (TPSA) is 405 Å². The molecule has 0 bridgehead atoms. The van der Waals surface area contributed by atoms with Crippen LogP contribution in [0.3, 0.4) is 0 Å². The minimum Gasteiger partial charge on any atom is -0.480 e. The van der Waals surface area contributed by atoms with Crippen molar-refractivity contribution in [3.63, 3.8) is 0 Å². The fourth-order valence-corrected chi connectivity index (χ4v) is 12.6. The van der Waals surface area contributed by atoms with Crippen LogP contribution in [0, 0.1) is 31.3 Å². The number of hydrazone groups is 1. The van der Waals surface area contributed by atoms with Gasteiger partial charge >= 0.3 is 36.6 Å². The van der Waals surface area contributed by atoms with E-state index in [4.69, 9.17) is 19.7 Å². The summed E-state index contributed by atoms with van der Waals surface area (Å²) in [6, 6.07) is 36.1. The molecule has 0 amide bonds. The highest BCUT2D eigenvalue weighted by Crippen LogP contribution is 2.37. The Morgan fingerprint density at radius 2 is 0.921 bits per heavy atom. The number of morpholine rings is 2. The molecule has 2 aliphatic rings. The minimum atomic E-state index is -4.51. The van der Waals surface area contributed by atoms with Gasteiger partial charge in [0.25, 0.3) is 0 Å². The van der Waals surface area contributed by atoms with Crippen molar-refractivity contribution in [2.75, 3.05) is 120 Å². The van der Waals surface area contributed by atoms with Crippen LogP contribution in [-0.4, -0.2) is 195 Å². The van der Waals surface area contributed by atoms with Crippen molar-refractivity contribution in [3.8, 4) is 5.69 Å². The van der Waals surface area contributed by atoms with Crippen LogP contribution in [0.1, 0.15) is 80.7 Å². The predicted molar refractivity (Wildman–Crippen MR) is 493 cm³/mol. The smallest absolute Gasteiger partial charge is 0.416 e. The van der Waals surface area contributed by atoms with E-state index < -0.39 is 88.9 Å². The number of alkyl halides is 12. The number of imidazole rings is 1. The molecular weight excluding hydrogens is 1860 g/mol. The fraction of sp³-hybridized carbons (Fsp3) is 0.239. The van der Waals surface area contributed by atoms with Crippen molar-refractivity contribution in [3.05, 3.63) is 299 Å². The molecule has 0 spiro atoms. The van der Waals surface area contributed by atoms with Gasteiger partial charge in [-0.3, -0.25) is 44.4 Å². The van der Waals surface area contributed by atoms with Crippen molar-refractivity contribution < 1.29 is 95.1 Å². The summed E-state index contributed by atoms with van der Waals surface area (Å²) in [5, 5.41) is 41.5.